The average molecular weight is 475 g/mol. The molecule has 4 heteroatoms. The van der Waals surface area contributed by atoms with Gasteiger partial charge in [0.05, 0.1) is 11.7 Å². The maximum atomic E-state index is 13.2. The first-order valence-electron chi connectivity index (χ1n) is 12.4. The predicted molar refractivity (Wildman–Crippen MR) is 144 cm³/mol. The summed E-state index contributed by atoms with van der Waals surface area (Å²) in [5, 5.41) is 3.78. The van der Waals surface area contributed by atoms with E-state index in [1.54, 1.807) is 12.1 Å². The molecule has 1 heterocycles. The van der Waals surface area contributed by atoms with Gasteiger partial charge in [0.2, 0.25) is 0 Å². The number of halogens is 1. The SMILES string of the molecule is Fc1ccc(COc2ccccc2C=Nc2ccc([C@@H]3Nc4ccccc4[C@@H]4C=CC[C@@H]43)cc2)cc1. The van der Waals surface area contributed by atoms with Gasteiger partial charge in [-0.05, 0) is 71.5 Å². The lowest BCUT2D eigenvalue weighted by atomic mass is 9.77. The molecule has 0 saturated heterocycles. The lowest BCUT2D eigenvalue weighted by molar-refractivity contribution is 0.305. The van der Waals surface area contributed by atoms with E-state index in [-0.39, 0.29) is 11.9 Å². The van der Waals surface area contributed by atoms with E-state index < -0.39 is 0 Å². The number of allylic oxidation sites excluding steroid dienone is 2. The highest BCUT2D eigenvalue weighted by molar-refractivity contribution is 5.85. The summed E-state index contributed by atoms with van der Waals surface area (Å²) in [6.45, 7) is 0.369. The lowest BCUT2D eigenvalue weighted by Gasteiger charge is -2.37. The van der Waals surface area contributed by atoms with E-state index in [2.05, 4.69) is 66.0 Å². The van der Waals surface area contributed by atoms with Gasteiger partial charge < -0.3 is 10.1 Å². The van der Waals surface area contributed by atoms with Gasteiger partial charge in [-0.2, -0.15) is 0 Å². The Labute approximate surface area is 211 Å². The van der Waals surface area contributed by atoms with Gasteiger partial charge >= 0.3 is 0 Å². The fraction of sp³-hybridized carbons (Fsp3) is 0.156. The molecule has 0 aromatic heterocycles. The van der Waals surface area contributed by atoms with E-state index >= 15 is 0 Å². The molecule has 3 atom stereocenters. The zero-order valence-corrected chi connectivity index (χ0v) is 19.8. The van der Waals surface area contributed by atoms with E-state index in [1.807, 2.05) is 30.5 Å². The Kier molecular flexibility index (Phi) is 6.08. The van der Waals surface area contributed by atoms with E-state index in [1.165, 1.54) is 28.9 Å². The molecule has 3 nitrogen and oxygen atoms in total. The Hall–Kier alpha value is -4.18. The van der Waals surface area contributed by atoms with Crippen LogP contribution in [0.2, 0.25) is 0 Å². The standard InChI is InChI=1S/C32H27FN2O/c33-25-16-12-22(13-17-25)21-36-31-11-4-1-6-24(31)20-34-26-18-14-23(15-19-26)32-29-9-5-8-27(29)28-7-2-3-10-30(28)35-32/h1-8,10-20,27,29,32,35H,9,21H2/t27-,29-,32-/m0/s1. The molecule has 1 N–H and O–H groups in total. The van der Waals surface area contributed by atoms with Crippen molar-refractivity contribution in [3.63, 3.8) is 0 Å². The summed E-state index contributed by atoms with van der Waals surface area (Å²) < 4.78 is 19.1. The number of nitrogens with zero attached hydrogens (tertiary/aromatic N) is 1. The maximum absolute atomic E-state index is 13.2. The summed E-state index contributed by atoms with van der Waals surface area (Å²) in [7, 11) is 0. The molecule has 6 rings (SSSR count). The van der Waals surface area contributed by atoms with Crippen molar-refractivity contribution >= 4 is 17.6 Å². The van der Waals surface area contributed by atoms with Crippen molar-refractivity contribution < 1.29 is 9.13 Å². The largest absolute Gasteiger partial charge is 0.488 e. The van der Waals surface area contributed by atoms with Gasteiger partial charge in [-0.15, -0.1) is 0 Å². The van der Waals surface area contributed by atoms with Crippen LogP contribution in [0.4, 0.5) is 15.8 Å². The van der Waals surface area contributed by atoms with Crippen molar-refractivity contribution in [2.24, 2.45) is 10.9 Å². The van der Waals surface area contributed by atoms with Crippen LogP contribution in [0.25, 0.3) is 0 Å². The first kappa shape index (κ1) is 22.3. The van der Waals surface area contributed by atoms with Crippen LogP contribution in [0.5, 0.6) is 5.75 Å². The number of aliphatic imine (C=N–C) groups is 1. The molecule has 0 unspecified atom stereocenters. The van der Waals surface area contributed by atoms with Crippen LogP contribution in [0, 0.1) is 11.7 Å². The van der Waals surface area contributed by atoms with Gasteiger partial charge in [0.15, 0.2) is 0 Å². The van der Waals surface area contributed by atoms with Crippen LogP contribution >= 0.6 is 0 Å². The number of hydrogen-bond acceptors (Lipinski definition) is 3. The average Bonchev–Trinajstić information content (AvgIpc) is 3.42. The Balaban J connectivity index is 1.17. The van der Waals surface area contributed by atoms with Crippen molar-refractivity contribution in [3.8, 4) is 5.75 Å². The smallest absolute Gasteiger partial charge is 0.128 e. The van der Waals surface area contributed by atoms with Crippen LogP contribution in [0.15, 0.2) is 114 Å². The second-order valence-corrected chi connectivity index (χ2v) is 9.37. The third-order valence-corrected chi connectivity index (χ3v) is 7.10. The third kappa shape index (κ3) is 4.55. The summed E-state index contributed by atoms with van der Waals surface area (Å²) in [5.41, 5.74) is 6.62. The molecule has 0 fully saturated rings. The highest BCUT2D eigenvalue weighted by Crippen LogP contribution is 2.49. The van der Waals surface area contributed by atoms with Crippen molar-refractivity contribution in [1.82, 2.24) is 0 Å². The second-order valence-electron chi connectivity index (χ2n) is 9.37. The molecule has 36 heavy (non-hydrogen) atoms. The first-order chi connectivity index (χ1) is 17.7. The summed E-state index contributed by atoms with van der Waals surface area (Å²) in [5.74, 6) is 1.49. The molecule has 0 radical (unpaired) electrons. The van der Waals surface area contributed by atoms with E-state index in [0.717, 1.165) is 29.0 Å². The van der Waals surface area contributed by atoms with Gasteiger partial charge in [-0.25, -0.2) is 4.39 Å². The van der Waals surface area contributed by atoms with Crippen LogP contribution < -0.4 is 10.1 Å². The molecular weight excluding hydrogens is 447 g/mol. The Morgan fingerprint density at radius 1 is 0.889 bits per heavy atom. The van der Waals surface area contributed by atoms with Crippen LogP contribution in [0.3, 0.4) is 0 Å². The maximum Gasteiger partial charge on any atom is 0.128 e. The third-order valence-electron chi connectivity index (χ3n) is 7.10. The molecule has 4 aromatic rings. The number of rotatable bonds is 6. The molecule has 0 bridgehead atoms. The van der Waals surface area contributed by atoms with E-state index in [0.29, 0.717) is 18.4 Å². The highest BCUT2D eigenvalue weighted by Gasteiger charge is 2.37. The zero-order chi connectivity index (χ0) is 24.3. The van der Waals surface area contributed by atoms with E-state index in [9.17, 15) is 4.39 Å². The molecular formula is C32H27FN2O. The van der Waals surface area contributed by atoms with Gasteiger partial charge in [0.1, 0.15) is 18.2 Å². The van der Waals surface area contributed by atoms with Crippen molar-refractivity contribution in [2.45, 2.75) is 25.0 Å². The first-order valence-corrected chi connectivity index (χ1v) is 12.4. The quantitative estimate of drug-likeness (QED) is 0.227. The second kappa shape index (κ2) is 9.82. The molecule has 4 aromatic carbocycles. The summed E-state index contributed by atoms with van der Waals surface area (Å²) in [6.07, 6.45) is 7.61. The Morgan fingerprint density at radius 3 is 2.53 bits per heavy atom. The number of fused-ring (bicyclic) bond motifs is 3. The fourth-order valence-corrected chi connectivity index (χ4v) is 5.25. The summed E-state index contributed by atoms with van der Waals surface area (Å²) >= 11 is 0. The minimum absolute atomic E-state index is 0.249. The van der Waals surface area contributed by atoms with E-state index in [4.69, 9.17) is 9.73 Å². The lowest BCUT2D eigenvalue weighted by Crippen LogP contribution is -2.28. The number of para-hydroxylation sites is 2. The Morgan fingerprint density at radius 2 is 1.67 bits per heavy atom. The topological polar surface area (TPSA) is 33.6 Å². The van der Waals surface area contributed by atoms with Crippen LogP contribution in [0.1, 0.15) is 40.6 Å². The summed E-state index contributed by atoms with van der Waals surface area (Å²) in [6, 6.07) is 31.6. The molecule has 0 spiro atoms. The number of benzene rings is 4. The van der Waals surface area contributed by atoms with Crippen molar-refractivity contribution in [2.75, 3.05) is 5.32 Å². The van der Waals surface area contributed by atoms with Gasteiger partial charge in [-0.1, -0.05) is 66.7 Å². The van der Waals surface area contributed by atoms with Gasteiger partial charge in [0.25, 0.3) is 0 Å². The predicted octanol–water partition coefficient (Wildman–Crippen LogP) is 7.98. The molecule has 2 aliphatic rings. The van der Waals surface area contributed by atoms with Crippen LogP contribution in [-0.4, -0.2) is 6.21 Å². The van der Waals surface area contributed by atoms with Gasteiger partial charge in [0, 0.05) is 23.4 Å². The minimum atomic E-state index is -0.249. The summed E-state index contributed by atoms with van der Waals surface area (Å²) in [4.78, 5) is 4.71. The zero-order valence-electron chi connectivity index (χ0n) is 19.8. The highest BCUT2D eigenvalue weighted by atomic mass is 19.1. The monoisotopic (exact) mass is 474 g/mol. The molecule has 1 aliphatic heterocycles. The number of anilines is 1. The van der Waals surface area contributed by atoms with Gasteiger partial charge in [-0.3, -0.25) is 4.99 Å². The molecule has 1 aliphatic carbocycles. The molecule has 0 saturated carbocycles. The normalized spacial score (nSPS) is 20.1. The number of ether oxygens (including phenoxy) is 1. The van der Waals surface area contributed by atoms with Crippen molar-refractivity contribution in [3.05, 3.63) is 137 Å². The molecule has 178 valence electrons. The number of nitrogens with one attached hydrogen (secondary N) is 1. The van der Waals surface area contributed by atoms with Crippen molar-refractivity contribution in [1.29, 1.82) is 0 Å². The van der Waals surface area contributed by atoms with Crippen LogP contribution in [-0.2, 0) is 6.61 Å². The fourth-order valence-electron chi connectivity index (χ4n) is 5.25. The Bertz CT molecular complexity index is 1410. The minimum Gasteiger partial charge on any atom is -0.488 e. The molecule has 0 amide bonds. The number of hydrogen-bond donors (Lipinski definition) is 1.